The van der Waals surface area contributed by atoms with Gasteiger partial charge in [-0.15, -0.1) is 0 Å². The van der Waals surface area contributed by atoms with E-state index in [1.807, 2.05) is 31.2 Å². The molecule has 31 heavy (non-hydrogen) atoms. The zero-order valence-corrected chi connectivity index (χ0v) is 18.1. The molecule has 0 aliphatic rings. The number of rotatable bonds is 7. The fourth-order valence-corrected chi connectivity index (χ4v) is 3.09. The highest BCUT2D eigenvalue weighted by molar-refractivity contribution is 6.36. The van der Waals surface area contributed by atoms with Crippen molar-refractivity contribution in [2.75, 3.05) is 11.9 Å². The number of esters is 1. The van der Waals surface area contributed by atoms with Gasteiger partial charge in [0.05, 0.1) is 23.3 Å². The first-order valence-corrected chi connectivity index (χ1v) is 10.1. The molecule has 0 atom stereocenters. The van der Waals surface area contributed by atoms with Gasteiger partial charge >= 0.3 is 5.97 Å². The van der Waals surface area contributed by atoms with Crippen molar-refractivity contribution in [2.24, 2.45) is 5.10 Å². The molecule has 0 spiro atoms. The normalized spacial score (nSPS) is 10.7. The minimum Gasteiger partial charge on any atom is -0.423 e. The molecule has 3 rings (SSSR count). The van der Waals surface area contributed by atoms with Crippen molar-refractivity contribution >= 4 is 47.0 Å². The maximum Gasteiger partial charge on any atom is 0.345 e. The molecule has 0 aromatic heterocycles. The molecule has 0 aliphatic carbocycles. The van der Waals surface area contributed by atoms with Gasteiger partial charge in [-0.05, 0) is 66.6 Å². The number of benzene rings is 3. The summed E-state index contributed by atoms with van der Waals surface area (Å²) in [5.41, 5.74) is 5.35. The summed E-state index contributed by atoms with van der Waals surface area (Å²) >= 11 is 11.9. The number of nitrogens with one attached hydrogen (secondary N) is 2. The molecule has 2 N–H and O–H groups in total. The molecule has 8 heteroatoms. The summed E-state index contributed by atoms with van der Waals surface area (Å²) < 4.78 is 5.31. The summed E-state index contributed by atoms with van der Waals surface area (Å²) in [6, 6.07) is 18.9. The van der Waals surface area contributed by atoms with Gasteiger partial charge in [0.2, 0.25) is 0 Å². The Morgan fingerprint density at radius 2 is 1.77 bits per heavy atom. The molecule has 0 saturated heterocycles. The number of para-hydroxylation sites is 1. The zero-order valence-electron chi connectivity index (χ0n) is 16.6. The van der Waals surface area contributed by atoms with E-state index in [-0.39, 0.29) is 23.0 Å². The highest BCUT2D eigenvalue weighted by atomic mass is 35.5. The van der Waals surface area contributed by atoms with Crippen LogP contribution in [-0.2, 0) is 4.79 Å². The van der Waals surface area contributed by atoms with Gasteiger partial charge in [-0.25, -0.2) is 10.2 Å². The van der Waals surface area contributed by atoms with Gasteiger partial charge in [-0.3, -0.25) is 4.79 Å². The maximum absolute atomic E-state index is 12.2. The SMILES string of the molecule is Cc1ccccc1NCC(=O)N/N=C/c1ccc(OC(=O)c2ccc(Cl)cc2Cl)cc1. The monoisotopic (exact) mass is 455 g/mol. The molecule has 0 bridgehead atoms. The van der Waals surface area contributed by atoms with E-state index in [1.54, 1.807) is 30.3 Å². The van der Waals surface area contributed by atoms with Crippen LogP contribution in [0.5, 0.6) is 5.75 Å². The smallest absolute Gasteiger partial charge is 0.345 e. The van der Waals surface area contributed by atoms with Crippen molar-refractivity contribution in [1.29, 1.82) is 0 Å². The third kappa shape index (κ3) is 6.57. The van der Waals surface area contributed by atoms with Crippen molar-refractivity contribution in [2.45, 2.75) is 6.92 Å². The van der Waals surface area contributed by atoms with Gasteiger partial charge in [-0.1, -0.05) is 41.4 Å². The van der Waals surface area contributed by atoms with E-state index >= 15 is 0 Å². The number of amides is 1. The van der Waals surface area contributed by atoms with Gasteiger partial charge in [-0.2, -0.15) is 5.10 Å². The first-order valence-electron chi connectivity index (χ1n) is 9.31. The lowest BCUT2D eigenvalue weighted by Gasteiger charge is -2.08. The van der Waals surface area contributed by atoms with E-state index in [2.05, 4.69) is 15.8 Å². The number of carbonyl (C=O) groups excluding carboxylic acids is 2. The van der Waals surface area contributed by atoms with Crippen LogP contribution in [0.1, 0.15) is 21.5 Å². The van der Waals surface area contributed by atoms with E-state index in [1.165, 1.54) is 18.3 Å². The van der Waals surface area contributed by atoms with Crippen molar-refractivity contribution in [3.8, 4) is 5.75 Å². The second-order valence-corrected chi connectivity index (χ2v) is 7.39. The van der Waals surface area contributed by atoms with Crippen molar-refractivity contribution in [1.82, 2.24) is 5.43 Å². The van der Waals surface area contributed by atoms with Crippen LogP contribution < -0.4 is 15.5 Å². The van der Waals surface area contributed by atoms with Gasteiger partial charge in [0.1, 0.15) is 5.75 Å². The third-order valence-electron chi connectivity index (χ3n) is 4.23. The predicted molar refractivity (Wildman–Crippen MR) is 123 cm³/mol. The molecule has 0 saturated carbocycles. The number of ether oxygens (including phenoxy) is 1. The number of halogens is 2. The Kier molecular flexibility index (Phi) is 7.65. The summed E-state index contributed by atoms with van der Waals surface area (Å²) in [5, 5.41) is 7.64. The number of nitrogens with zero attached hydrogens (tertiary/aromatic N) is 1. The standard InChI is InChI=1S/C23H19Cl2N3O3/c1-15-4-2-3-5-21(15)26-14-22(29)28-27-13-16-6-9-18(10-7-16)31-23(30)19-11-8-17(24)12-20(19)25/h2-13,26H,14H2,1H3,(H,28,29)/b27-13+. The average Bonchev–Trinajstić information content (AvgIpc) is 2.74. The molecular formula is C23H19Cl2N3O3. The molecule has 0 radical (unpaired) electrons. The van der Waals surface area contributed by atoms with E-state index in [9.17, 15) is 9.59 Å². The van der Waals surface area contributed by atoms with Gasteiger partial charge in [0, 0.05) is 10.7 Å². The molecule has 3 aromatic carbocycles. The molecule has 158 valence electrons. The fourth-order valence-electron chi connectivity index (χ4n) is 2.60. The van der Waals surface area contributed by atoms with Crippen LogP contribution in [0.15, 0.2) is 71.8 Å². The van der Waals surface area contributed by atoms with Crippen molar-refractivity contribution < 1.29 is 14.3 Å². The number of hydrogen-bond donors (Lipinski definition) is 2. The predicted octanol–water partition coefficient (Wildman–Crippen LogP) is 5.08. The Bertz CT molecular complexity index is 1120. The third-order valence-corrected chi connectivity index (χ3v) is 4.78. The number of anilines is 1. The molecule has 0 fully saturated rings. The van der Waals surface area contributed by atoms with E-state index < -0.39 is 5.97 Å². The van der Waals surface area contributed by atoms with Gasteiger partial charge in [0.15, 0.2) is 0 Å². The first kappa shape index (κ1) is 22.3. The summed E-state index contributed by atoms with van der Waals surface area (Å²) in [7, 11) is 0. The van der Waals surface area contributed by atoms with Crippen LogP contribution in [0.2, 0.25) is 10.0 Å². The summed E-state index contributed by atoms with van der Waals surface area (Å²) in [5.74, 6) is -0.513. The Morgan fingerprint density at radius 3 is 2.48 bits per heavy atom. The molecule has 3 aromatic rings. The van der Waals surface area contributed by atoms with Crippen LogP contribution >= 0.6 is 23.2 Å². The Labute approximate surface area is 189 Å². The maximum atomic E-state index is 12.2. The molecule has 0 unspecified atom stereocenters. The van der Waals surface area contributed by atoms with Crippen LogP contribution in [0.25, 0.3) is 0 Å². The van der Waals surface area contributed by atoms with Crippen LogP contribution in [-0.4, -0.2) is 24.6 Å². The van der Waals surface area contributed by atoms with E-state index in [0.29, 0.717) is 10.8 Å². The largest absolute Gasteiger partial charge is 0.423 e. The second-order valence-electron chi connectivity index (χ2n) is 6.54. The van der Waals surface area contributed by atoms with Gasteiger partial charge in [0.25, 0.3) is 5.91 Å². The fraction of sp³-hybridized carbons (Fsp3) is 0.0870. The summed E-state index contributed by atoms with van der Waals surface area (Å²) in [6.07, 6.45) is 1.49. The molecular weight excluding hydrogens is 437 g/mol. The Morgan fingerprint density at radius 1 is 1.03 bits per heavy atom. The lowest BCUT2D eigenvalue weighted by molar-refractivity contribution is -0.119. The van der Waals surface area contributed by atoms with Crippen LogP contribution in [0.3, 0.4) is 0 Å². The van der Waals surface area contributed by atoms with Crippen LogP contribution in [0.4, 0.5) is 5.69 Å². The minimum absolute atomic E-state index is 0.102. The van der Waals surface area contributed by atoms with Crippen LogP contribution in [0, 0.1) is 6.92 Å². The topological polar surface area (TPSA) is 79.8 Å². The Balaban J connectivity index is 1.49. The summed E-state index contributed by atoms with van der Waals surface area (Å²) in [6.45, 7) is 2.06. The minimum atomic E-state index is -0.587. The van der Waals surface area contributed by atoms with E-state index in [0.717, 1.165) is 16.8 Å². The zero-order chi connectivity index (χ0) is 22.2. The highest BCUT2D eigenvalue weighted by Gasteiger charge is 2.13. The van der Waals surface area contributed by atoms with Gasteiger partial charge < -0.3 is 10.1 Å². The number of carbonyl (C=O) groups is 2. The average molecular weight is 456 g/mol. The first-order chi connectivity index (χ1) is 14.9. The van der Waals surface area contributed by atoms with Crippen molar-refractivity contribution in [3.05, 3.63) is 93.5 Å². The van der Waals surface area contributed by atoms with Crippen molar-refractivity contribution in [3.63, 3.8) is 0 Å². The Hall–Kier alpha value is -3.35. The number of hydrogen-bond acceptors (Lipinski definition) is 5. The quantitative estimate of drug-likeness (QED) is 0.225. The molecule has 1 amide bonds. The lowest BCUT2D eigenvalue weighted by Crippen LogP contribution is -2.26. The highest BCUT2D eigenvalue weighted by Crippen LogP contribution is 2.23. The van der Waals surface area contributed by atoms with E-state index in [4.69, 9.17) is 27.9 Å². The second kappa shape index (κ2) is 10.6. The number of aryl methyl sites for hydroxylation is 1. The summed E-state index contributed by atoms with van der Waals surface area (Å²) in [4.78, 5) is 24.1. The lowest BCUT2D eigenvalue weighted by atomic mass is 10.2. The molecule has 0 aliphatic heterocycles. The molecule has 6 nitrogen and oxygen atoms in total. The number of hydrazone groups is 1. The molecule has 0 heterocycles.